The molecule has 1 fully saturated rings. The molecule has 0 aliphatic carbocycles. The molecule has 1 aliphatic rings. The molecule has 3 heterocycles. The van der Waals surface area contributed by atoms with Crippen molar-refractivity contribution in [1.82, 2.24) is 25.0 Å². The van der Waals surface area contributed by atoms with Gasteiger partial charge in [0, 0.05) is 43.6 Å². The first kappa shape index (κ1) is 19.7. The molecule has 2 N–H and O–H groups in total. The number of nitrogens with zero attached hydrogens (tertiary/aromatic N) is 4. The average molecular weight is 480 g/mol. The predicted molar refractivity (Wildman–Crippen MR) is 117 cm³/mol. The van der Waals surface area contributed by atoms with E-state index in [4.69, 9.17) is 4.74 Å². The van der Waals surface area contributed by atoms with Crippen LogP contribution < -0.4 is 5.32 Å². The van der Waals surface area contributed by atoms with Crippen LogP contribution in [-0.4, -0.2) is 52.4 Å². The van der Waals surface area contributed by atoms with Gasteiger partial charge in [0.15, 0.2) is 5.96 Å². The molecule has 0 saturated carbocycles. The van der Waals surface area contributed by atoms with Crippen molar-refractivity contribution < 1.29 is 4.74 Å². The Morgan fingerprint density at radius 2 is 2.26 bits per heavy atom. The average Bonchev–Trinajstić information content (AvgIpc) is 3.28. The van der Waals surface area contributed by atoms with Crippen molar-refractivity contribution in [3.05, 3.63) is 54.0 Å². The molecule has 144 valence electrons. The molecule has 0 radical (unpaired) electrons. The van der Waals surface area contributed by atoms with E-state index in [1.807, 2.05) is 32.6 Å². The van der Waals surface area contributed by atoms with Crippen LogP contribution >= 0.6 is 24.0 Å². The second kappa shape index (κ2) is 8.75. The van der Waals surface area contributed by atoms with Gasteiger partial charge in [-0.1, -0.05) is 18.2 Å². The number of hydrogen-bond acceptors (Lipinski definition) is 3. The van der Waals surface area contributed by atoms with Crippen LogP contribution in [0.3, 0.4) is 0 Å². The van der Waals surface area contributed by atoms with Gasteiger partial charge in [-0.2, -0.15) is 5.10 Å². The van der Waals surface area contributed by atoms with Gasteiger partial charge >= 0.3 is 0 Å². The van der Waals surface area contributed by atoms with Crippen molar-refractivity contribution >= 4 is 40.8 Å². The molecule has 0 spiro atoms. The molecule has 1 unspecified atom stereocenters. The summed E-state index contributed by atoms with van der Waals surface area (Å²) in [4.78, 5) is 10.1. The van der Waals surface area contributed by atoms with E-state index >= 15 is 0 Å². The number of para-hydroxylation sites is 1. The molecule has 7 nitrogen and oxygen atoms in total. The Balaban J connectivity index is 0.00000210. The maximum Gasteiger partial charge on any atom is 0.194 e. The third kappa shape index (κ3) is 4.44. The number of aromatic amines is 1. The van der Waals surface area contributed by atoms with Crippen LogP contribution in [0, 0.1) is 0 Å². The fraction of sp³-hybridized carbons (Fsp3) is 0.368. The van der Waals surface area contributed by atoms with Crippen molar-refractivity contribution in [3.8, 4) is 0 Å². The number of aromatic nitrogens is 3. The lowest BCUT2D eigenvalue weighted by atomic mass is 10.1. The Hall–Kier alpha value is -2.07. The van der Waals surface area contributed by atoms with Crippen LogP contribution in [-0.2, 0) is 18.3 Å². The Morgan fingerprint density at radius 3 is 3.00 bits per heavy atom. The minimum Gasteiger partial charge on any atom is -0.370 e. The van der Waals surface area contributed by atoms with Gasteiger partial charge in [0.25, 0.3) is 0 Å². The highest BCUT2D eigenvalue weighted by Gasteiger charge is 2.25. The summed E-state index contributed by atoms with van der Waals surface area (Å²) in [6.45, 7) is 2.96. The number of benzene rings is 1. The van der Waals surface area contributed by atoms with E-state index in [1.165, 1.54) is 5.39 Å². The standard InChI is InChI=1S/C19H24N6O.HI/c1-20-19(21-11-16-9-14-5-3-4-6-17(14)23-16)25-7-8-26-18(13-25)15-10-22-24(2)12-15;/h3-6,9-10,12,18,23H,7-8,11,13H2,1-2H3,(H,20,21);1H. The molecule has 27 heavy (non-hydrogen) atoms. The van der Waals surface area contributed by atoms with Crippen LogP contribution in [0.25, 0.3) is 10.9 Å². The topological polar surface area (TPSA) is 70.5 Å². The number of hydrogen-bond donors (Lipinski definition) is 2. The van der Waals surface area contributed by atoms with Gasteiger partial charge in [0.2, 0.25) is 0 Å². The first-order valence-corrected chi connectivity index (χ1v) is 8.85. The molecule has 2 aromatic heterocycles. The number of rotatable bonds is 3. The number of fused-ring (bicyclic) bond motifs is 1. The van der Waals surface area contributed by atoms with Crippen LogP contribution in [0.2, 0.25) is 0 Å². The van der Waals surface area contributed by atoms with Gasteiger partial charge in [0.1, 0.15) is 6.10 Å². The lowest BCUT2D eigenvalue weighted by Gasteiger charge is -2.34. The predicted octanol–water partition coefficient (Wildman–Crippen LogP) is 2.67. The molecule has 1 atom stereocenters. The van der Waals surface area contributed by atoms with Crippen LogP contribution in [0.4, 0.5) is 0 Å². The molecular weight excluding hydrogens is 455 g/mol. The Labute approximate surface area is 175 Å². The highest BCUT2D eigenvalue weighted by molar-refractivity contribution is 14.0. The summed E-state index contributed by atoms with van der Waals surface area (Å²) in [6.07, 6.45) is 3.90. The van der Waals surface area contributed by atoms with Crippen molar-refractivity contribution in [2.75, 3.05) is 26.7 Å². The fourth-order valence-corrected chi connectivity index (χ4v) is 3.38. The van der Waals surface area contributed by atoms with Gasteiger partial charge in [0.05, 0.1) is 25.9 Å². The molecule has 4 rings (SSSR count). The van der Waals surface area contributed by atoms with Gasteiger partial charge in [-0.15, -0.1) is 24.0 Å². The van der Waals surface area contributed by atoms with Crippen LogP contribution in [0.1, 0.15) is 17.4 Å². The first-order chi connectivity index (χ1) is 12.7. The maximum atomic E-state index is 5.92. The maximum absolute atomic E-state index is 5.92. The van der Waals surface area contributed by atoms with Crippen molar-refractivity contribution in [3.63, 3.8) is 0 Å². The van der Waals surface area contributed by atoms with E-state index in [0.29, 0.717) is 13.2 Å². The van der Waals surface area contributed by atoms with Crippen molar-refractivity contribution in [2.45, 2.75) is 12.6 Å². The quantitative estimate of drug-likeness (QED) is 0.344. The highest BCUT2D eigenvalue weighted by atomic mass is 127. The van der Waals surface area contributed by atoms with E-state index in [9.17, 15) is 0 Å². The zero-order valence-electron chi connectivity index (χ0n) is 15.6. The van der Waals surface area contributed by atoms with Gasteiger partial charge in [-0.05, 0) is 17.5 Å². The van der Waals surface area contributed by atoms with Gasteiger partial charge < -0.3 is 19.9 Å². The molecule has 1 aliphatic heterocycles. The van der Waals surface area contributed by atoms with E-state index in [1.54, 1.807) is 4.68 Å². The Bertz CT molecular complexity index is 885. The second-order valence-corrected chi connectivity index (χ2v) is 6.54. The monoisotopic (exact) mass is 480 g/mol. The summed E-state index contributed by atoms with van der Waals surface area (Å²) in [5.41, 5.74) is 3.40. The van der Waals surface area contributed by atoms with E-state index in [2.05, 4.69) is 49.6 Å². The van der Waals surface area contributed by atoms with E-state index in [0.717, 1.165) is 35.8 Å². The minimum atomic E-state index is 0. The lowest BCUT2D eigenvalue weighted by molar-refractivity contribution is -0.00805. The highest BCUT2D eigenvalue weighted by Crippen LogP contribution is 2.21. The molecule has 3 aromatic rings. The summed E-state index contributed by atoms with van der Waals surface area (Å²) >= 11 is 0. The Kier molecular flexibility index (Phi) is 6.38. The summed E-state index contributed by atoms with van der Waals surface area (Å²) < 4.78 is 7.73. The lowest BCUT2D eigenvalue weighted by Crippen LogP contribution is -2.47. The molecule has 1 aromatic carbocycles. The third-order valence-electron chi connectivity index (χ3n) is 4.70. The smallest absolute Gasteiger partial charge is 0.194 e. The minimum absolute atomic E-state index is 0. The number of guanidine groups is 1. The number of aryl methyl sites for hydroxylation is 1. The SMILES string of the molecule is CN=C(NCc1cc2ccccc2[nH]1)N1CCOC(c2cnn(C)c2)C1.I. The summed E-state index contributed by atoms with van der Waals surface area (Å²) in [7, 11) is 3.74. The molecule has 8 heteroatoms. The number of nitrogens with one attached hydrogen (secondary N) is 2. The van der Waals surface area contributed by atoms with Crippen LogP contribution in [0.5, 0.6) is 0 Å². The fourth-order valence-electron chi connectivity index (χ4n) is 3.38. The van der Waals surface area contributed by atoms with E-state index < -0.39 is 0 Å². The summed E-state index contributed by atoms with van der Waals surface area (Å²) in [5, 5.41) is 8.93. The van der Waals surface area contributed by atoms with Crippen LogP contribution in [0.15, 0.2) is 47.7 Å². The molecule has 0 amide bonds. The molecule has 1 saturated heterocycles. The number of morpholine rings is 1. The van der Waals surface area contributed by atoms with Crippen molar-refractivity contribution in [1.29, 1.82) is 0 Å². The first-order valence-electron chi connectivity index (χ1n) is 8.85. The summed E-state index contributed by atoms with van der Waals surface area (Å²) in [5.74, 6) is 0.890. The Morgan fingerprint density at radius 1 is 1.41 bits per heavy atom. The van der Waals surface area contributed by atoms with Gasteiger partial charge in [-0.3, -0.25) is 9.67 Å². The number of ether oxygens (including phenoxy) is 1. The van der Waals surface area contributed by atoms with Gasteiger partial charge in [-0.25, -0.2) is 0 Å². The molecular formula is C19H25IN6O. The summed E-state index contributed by atoms with van der Waals surface area (Å²) in [6, 6.07) is 10.5. The third-order valence-corrected chi connectivity index (χ3v) is 4.70. The molecule has 0 bridgehead atoms. The normalized spacial score (nSPS) is 17.8. The van der Waals surface area contributed by atoms with Crippen molar-refractivity contribution in [2.24, 2.45) is 12.0 Å². The zero-order chi connectivity index (χ0) is 17.9. The number of aliphatic imine (C=N–C) groups is 1. The van der Waals surface area contributed by atoms with E-state index in [-0.39, 0.29) is 30.1 Å². The number of halogens is 1. The largest absolute Gasteiger partial charge is 0.370 e. The zero-order valence-corrected chi connectivity index (χ0v) is 17.9. The number of H-pyrrole nitrogens is 1. The second-order valence-electron chi connectivity index (χ2n) is 6.54.